The van der Waals surface area contributed by atoms with Crippen molar-refractivity contribution in [1.29, 1.82) is 0 Å². The van der Waals surface area contributed by atoms with Gasteiger partial charge in [-0.2, -0.15) is 0 Å². The Morgan fingerprint density at radius 1 is 1.43 bits per heavy atom. The van der Waals surface area contributed by atoms with Crippen LogP contribution in [0.1, 0.15) is 38.9 Å². The van der Waals surface area contributed by atoms with Crippen LogP contribution in [-0.4, -0.2) is 24.0 Å². The number of nitrogens with one attached hydrogen (secondary N) is 1. The molecule has 0 fully saturated rings. The topological polar surface area (TPSA) is 81.4 Å². The average molecular weight is 332 g/mol. The number of carbonyl (C=O) groups excluding carboxylic acids is 2. The van der Waals surface area contributed by atoms with E-state index in [4.69, 9.17) is 4.42 Å². The molecule has 2 heterocycles. The lowest BCUT2D eigenvalue weighted by Crippen LogP contribution is -2.07. The number of carbonyl (C=O) groups is 2. The molecular formula is C16H16N2O4S. The zero-order valence-electron chi connectivity index (χ0n) is 12.8. The molecule has 0 unspecified atom stereocenters. The van der Waals surface area contributed by atoms with E-state index in [9.17, 15) is 9.59 Å². The number of hydrogen-bond acceptors (Lipinski definition) is 6. The Balaban J connectivity index is 1.65. The van der Waals surface area contributed by atoms with Crippen molar-refractivity contribution in [2.75, 3.05) is 12.4 Å². The molecule has 0 bridgehead atoms. The molecule has 23 heavy (non-hydrogen) atoms. The summed E-state index contributed by atoms with van der Waals surface area (Å²) in [6.07, 6.45) is 6.03. The van der Waals surface area contributed by atoms with E-state index in [1.54, 1.807) is 13.0 Å². The number of fused-ring (bicyclic) bond motifs is 1. The van der Waals surface area contributed by atoms with Gasteiger partial charge in [0.2, 0.25) is 5.91 Å². The standard InChI is InChI=1S/C16H16N2O4S/c1-9-11(15(20)21-2)8-10(22-9)6-7-14(19)18-16-17-12-4-3-5-13(12)23-16/h6-8H,3-5H2,1-2H3,(H,17,18,19)/b7-6+. The SMILES string of the molecule is COC(=O)c1cc(/C=C/C(=O)Nc2nc3c(s2)CCC3)oc1C. The second-order valence-corrected chi connectivity index (χ2v) is 6.26. The predicted octanol–water partition coefficient (Wildman–Crippen LogP) is 2.97. The van der Waals surface area contributed by atoms with E-state index < -0.39 is 5.97 Å². The summed E-state index contributed by atoms with van der Waals surface area (Å²) in [5.74, 6) is 0.117. The van der Waals surface area contributed by atoms with Crippen LogP contribution in [0.15, 0.2) is 16.6 Å². The summed E-state index contributed by atoms with van der Waals surface area (Å²) in [5, 5.41) is 3.37. The second kappa shape index (κ2) is 6.37. The molecule has 2 aromatic heterocycles. The number of amides is 1. The first kappa shape index (κ1) is 15.5. The van der Waals surface area contributed by atoms with Gasteiger partial charge in [-0.15, -0.1) is 11.3 Å². The summed E-state index contributed by atoms with van der Waals surface area (Å²) in [5.41, 5.74) is 1.45. The molecule has 0 aliphatic heterocycles. The third-order valence-electron chi connectivity index (χ3n) is 3.57. The summed E-state index contributed by atoms with van der Waals surface area (Å²) in [7, 11) is 1.31. The monoisotopic (exact) mass is 332 g/mol. The maximum Gasteiger partial charge on any atom is 0.341 e. The smallest absolute Gasteiger partial charge is 0.341 e. The summed E-state index contributed by atoms with van der Waals surface area (Å²) < 4.78 is 10.1. The van der Waals surface area contributed by atoms with Crippen LogP contribution in [0.2, 0.25) is 0 Å². The summed E-state index contributed by atoms with van der Waals surface area (Å²) >= 11 is 1.52. The third-order valence-corrected chi connectivity index (χ3v) is 4.64. The van der Waals surface area contributed by atoms with Crippen molar-refractivity contribution in [3.05, 3.63) is 39.8 Å². The van der Waals surface area contributed by atoms with E-state index in [1.165, 1.54) is 35.5 Å². The van der Waals surface area contributed by atoms with Crippen molar-refractivity contribution in [2.24, 2.45) is 0 Å². The van der Waals surface area contributed by atoms with Crippen LogP contribution in [0.5, 0.6) is 0 Å². The third kappa shape index (κ3) is 3.34. The number of methoxy groups -OCH3 is 1. The Morgan fingerprint density at radius 3 is 3.00 bits per heavy atom. The molecule has 0 saturated heterocycles. The van der Waals surface area contributed by atoms with Crippen molar-refractivity contribution in [2.45, 2.75) is 26.2 Å². The quantitative estimate of drug-likeness (QED) is 0.687. The fourth-order valence-electron chi connectivity index (χ4n) is 2.45. The lowest BCUT2D eigenvalue weighted by atomic mass is 10.2. The van der Waals surface area contributed by atoms with Gasteiger partial charge in [0.05, 0.1) is 12.8 Å². The highest BCUT2D eigenvalue weighted by Crippen LogP contribution is 2.30. The van der Waals surface area contributed by atoms with Crippen molar-refractivity contribution < 1.29 is 18.7 Å². The van der Waals surface area contributed by atoms with Crippen molar-refractivity contribution >= 4 is 34.4 Å². The number of aromatic nitrogens is 1. The number of nitrogens with zero attached hydrogens (tertiary/aromatic N) is 1. The van der Waals surface area contributed by atoms with E-state index in [0.29, 0.717) is 22.2 Å². The van der Waals surface area contributed by atoms with Gasteiger partial charge in [0.1, 0.15) is 17.1 Å². The molecule has 7 heteroatoms. The van der Waals surface area contributed by atoms with Gasteiger partial charge in [-0.05, 0) is 38.3 Å². The van der Waals surface area contributed by atoms with Crippen LogP contribution in [-0.2, 0) is 22.4 Å². The zero-order chi connectivity index (χ0) is 16.4. The summed E-state index contributed by atoms with van der Waals surface area (Å²) in [6, 6.07) is 1.54. The van der Waals surface area contributed by atoms with Gasteiger partial charge in [-0.1, -0.05) is 0 Å². The van der Waals surface area contributed by atoms with Crippen molar-refractivity contribution in [1.82, 2.24) is 4.98 Å². The van der Waals surface area contributed by atoms with Gasteiger partial charge in [0, 0.05) is 11.0 Å². The van der Waals surface area contributed by atoms with Gasteiger partial charge in [0.25, 0.3) is 0 Å². The Hall–Kier alpha value is -2.41. The number of rotatable bonds is 4. The van der Waals surface area contributed by atoms with Gasteiger partial charge >= 0.3 is 5.97 Å². The Morgan fingerprint density at radius 2 is 2.26 bits per heavy atom. The molecule has 0 aromatic carbocycles. The van der Waals surface area contributed by atoms with Gasteiger partial charge < -0.3 is 9.15 Å². The molecule has 0 radical (unpaired) electrons. The summed E-state index contributed by atoms with van der Waals surface area (Å²) in [4.78, 5) is 29.1. The van der Waals surface area contributed by atoms with Crippen LogP contribution in [0.4, 0.5) is 5.13 Å². The molecular weight excluding hydrogens is 316 g/mol. The van der Waals surface area contributed by atoms with E-state index in [2.05, 4.69) is 15.0 Å². The van der Waals surface area contributed by atoms with E-state index in [0.717, 1.165) is 25.0 Å². The Labute approximate surface area is 137 Å². The van der Waals surface area contributed by atoms with Gasteiger partial charge in [-0.3, -0.25) is 10.1 Å². The predicted molar refractivity (Wildman–Crippen MR) is 86.6 cm³/mol. The largest absolute Gasteiger partial charge is 0.465 e. The van der Waals surface area contributed by atoms with E-state index >= 15 is 0 Å². The first-order chi connectivity index (χ1) is 11.1. The highest BCUT2D eigenvalue weighted by Gasteiger charge is 2.17. The minimum Gasteiger partial charge on any atom is -0.465 e. The van der Waals surface area contributed by atoms with Gasteiger partial charge in [0.15, 0.2) is 5.13 Å². The van der Waals surface area contributed by atoms with Crippen LogP contribution in [0.3, 0.4) is 0 Å². The maximum absolute atomic E-state index is 11.9. The van der Waals surface area contributed by atoms with E-state index in [1.807, 2.05) is 0 Å². The van der Waals surface area contributed by atoms with Gasteiger partial charge in [-0.25, -0.2) is 9.78 Å². The molecule has 1 N–H and O–H groups in total. The number of ether oxygens (including phenoxy) is 1. The van der Waals surface area contributed by atoms with Crippen LogP contribution >= 0.6 is 11.3 Å². The fourth-order valence-corrected chi connectivity index (χ4v) is 3.50. The minimum absolute atomic E-state index is 0.286. The highest BCUT2D eigenvalue weighted by atomic mass is 32.1. The number of esters is 1. The molecule has 1 aliphatic carbocycles. The second-order valence-electron chi connectivity index (χ2n) is 5.18. The molecule has 1 aliphatic rings. The first-order valence-electron chi connectivity index (χ1n) is 7.23. The lowest BCUT2D eigenvalue weighted by molar-refractivity contribution is -0.111. The minimum atomic E-state index is -0.465. The molecule has 0 spiro atoms. The Bertz CT molecular complexity index is 767. The zero-order valence-corrected chi connectivity index (χ0v) is 13.7. The van der Waals surface area contributed by atoms with Crippen molar-refractivity contribution in [3.8, 4) is 0 Å². The first-order valence-corrected chi connectivity index (χ1v) is 8.05. The molecule has 0 atom stereocenters. The van der Waals surface area contributed by atoms with E-state index in [-0.39, 0.29) is 5.91 Å². The fraction of sp³-hybridized carbons (Fsp3) is 0.312. The number of aryl methyl sites for hydroxylation is 3. The molecule has 120 valence electrons. The Kier molecular flexibility index (Phi) is 4.29. The molecule has 2 aromatic rings. The van der Waals surface area contributed by atoms with Crippen LogP contribution in [0.25, 0.3) is 6.08 Å². The number of anilines is 1. The lowest BCUT2D eigenvalue weighted by Gasteiger charge is -1.95. The summed E-state index contributed by atoms with van der Waals surface area (Å²) in [6.45, 7) is 1.67. The molecule has 1 amide bonds. The number of furan rings is 1. The molecule has 6 nitrogen and oxygen atoms in total. The maximum atomic E-state index is 11.9. The normalized spacial score (nSPS) is 13.3. The molecule has 3 rings (SSSR count). The van der Waals surface area contributed by atoms with Crippen molar-refractivity contribution in [3.63, 3.8) is 0 Å². The van der Waals surface area contributed by atoms with Crippen LogP contribution < -0.4 is 5.32 Å². The number of thiazole rings is 1. The highest BCUT2D eigenvalue weighted by molar-refractivity contribution is 7.15. The average Bonchev–Trinajstić information content (AvgIpc) is 3.19. The number of hydrogen-bond donors (Lipinski definition) is 1. The molecule has 0 saturated carbocycles. The van der Waals surface area contributed by atoms with Crippen LogP contribution in [0, 0.1) is 6.92 Å².